The first-order valence-electron chi connectivity index (χ1n) is 10.5. The molecule has 2 atom stereocenters. The highest BCUT2D eigenvalue weighted by molar-refractivity contribution is 7.89. The smallest absolute Gasteiger partial charge is 0.243 e. The molecule has 162 valence electrons. The summed E-state index contributed by atoms with van der Waals surface area (Å²) in [6, 6.07) is 15.2. The Morgan fingerprint density at radius 2 is 1.90 bits per heavy atom. The van der Waals surface area contributed by atoms with Crippen LogP contribution in [0.5, 0.6) is 0 Å². The lowest BCUT2D eigenvalue weighted by atomic mass is 9.95. The highest BCUT2D eigenvalue weighted by atomic mass is 32.2. The first kappa shape index (κ1) is 22.9. The topological polar surface area (TPSA) is 76.3 Å². The fourth-order valence-electron chi connectivity index (χ4n) is 3.54. The maximum Gasteiger partial charge on any atom is 0.243 e. The quantitative estimate of drug-likeness (QED) is 0.435. The van der Waals surface area contributed by atoms with E-state index in [0.717, 1.165) is 35.9 Å². The molecule has 0 saturated heterocycles. The largest absolute Gasteiger partial charge is 0.327 e. The van der Waals surface area contributed by atoms with Crippen molar-refractivity contribution < 1.29 is 8.42 Å². The minimum atomic E-state index is -3.60. The lowest BCUT2D eigenvalue weighted by molar-refractivity contribution is 0.316. The number of unbranched alkanes of at least 4 members (excludes halogenated alkanes) is 2. The van der Waals surface area contributed by atoms with E-state index in [-0.39, 0.29) is 12.0 Å². The molecule has 0 aliphatic carbocycles. The molecule has 0 spiro atoms. The summed E-state index contributed by atoms with van der Waals surface area (Å²) in [4.78, 5) is 4.59. The Morgan fingerprint density at radius 3 is 2.63 bits per heavy atom. The molecule has 2 N–H and O–H groups in total. The van der Waals surface area contributed by atoms with Crippen LogP contribution < -0.4 is 5.73 Å². The van der Waals surface area contributed by atoms with Crippen LogP contribution in [0.2, 0.25) is 0 Å². The van der Waals surface area contributed by atoms with Gasteiger partial charge in [-0.15, -0.1) is 11.3 Å². The van der Waals surface area contributed by atoms with Gasteiger partial charge >= 0.3 is 0 Å². The zero-order chi connectivity index (χ0) is 21.6. The predicted molar refractivity (Wildman–Crippen MR) is 125 cm³/mol. The molecule has 0 radical (unpaired) electrons. The second-order valence-corrected chi connectivity index (χ2v) is 10.7. The van der Waals surface area contributed by atoms with Gasteiger partial charge in [0.2, 0.25) is 10.0 Å². The summed E-state index contributed by atoms with van der Waals surface area (Å²) in [5, 5.41) is 0. The van der Waals surface area contributed by atoms with Crippen molar-refractivity contribution in [2.24, 2.45) is 11.7 Å². The Kier molecular flexibility index (Phi) is 7.99. The van der Waals surface area contributed by atoms with Crippen molar-refractivity contribution in [2.75, 3.05) is 13.1 Å². The van der Waals surface area contributed by atoms with Crippen LogP contribution in [-0.4, -0.2) is 36.8 Å². The van der Waals surface area contributed by atoms with Crippen molar-refractivity contribution in [1.29, 1.82) is 0 Å². The minimum absolute atomic E-state index is 0.0359. The SMILES string of the molecule is CCCCCN(C[C@@H](C)[C@@H](N)Cc1ccccc1)S(=O)(=O)c1ccc2ncsc2c1. The molecule has 0 fully saturated rings. The van der Waals surface area contributed by atoms with E-state index in [1.54, 1.807) is 28.0 Å². The fraction of sp³-hybridized carbons (Fsp3) is 0.435. The van der Waals surface area contributed by atoms with E-state index in [1.807, 2.05) is 25.1 Å². The molecule has 2 aromatic carbocycles. The molecule has 3 aromatic rings. The van der Waals surface area contributed by atoms with Gasteiger partial charge in [0, 0.05) is 19.1 Å². The number of nitrogens with zero attached hydrogens (tertiary/aromatic N) is 2. The number of sulfonamides is 1. The van der Waals surface area contributed by atoms with E-state index >= 15 is 0 Å². The summed E-state index contributed by atoms with van der Waals surface area (Å²) >= 11 is 1.46. The molecule has 0 unspecified atom stereocenters. The molecular formula is C23H31N3O2S2. The van der Waals surface area contributed by atoms with Gasteiger partial charge in [-0.25, -0.2) is 13.4 Å². The Morgan fingerprint density at radius 1 is 1.13 bits per heavy atom. The number of thiazole rings is 1. The zero-order valence-corrected chi connectivity index (χ0v) is 19.3. The fourth-order valence-corrected chi connectivity index (χ4v) is 5.93. The van der Waals surface area contributed by atoms with Gasteiger partial charge in [0.15, 0.2) is 0 Å². The van der Waals surface area contributed by atoms with Crippen LogP contribution in [-0.2, 0) is 16.4 Å². The minimum Gasteiger partial charge on any atom is -0.327 e. The molecule has 0 amide bonds. The summed E-state index contributed by atoms with van der Waals surface area (Å²) in [6.07, 6.45) is 3.63. The first-order chi connectivity index (χ1) is 14.4. The lowest BCUT2D eigenvalue weighted by Gasteiger charge is -2.28. The number of fused-ring (bicyclic) bond motifs is 1. The van der Waals surface area contributed by atoms with Crippen molar-refractivity contribution in [1.82, 2.24) is 9.29 Å². The summed E-state index contributed by atoms with van der Waals surface area (Å²) < 4.78 is 29.5. The van der Waals surface area contributed by atoms with Gasteiger partial charge in [0.05, 0.1) is 20.6 Å². The van der Waals surface area contributed by atoms with Crippen LogP contribution in [0.4, 0.5) is 0 Å². The molecule has 5 nitrogen and oxygen atoms in total. The molecule has 0 saturated carbocycles. The van der Waals surface area contributed by atoms with Crippen molar-refractivity contribution in [3.63, 3.8) is 0 Å². The second kappa shape index (κ2) is 10.5. The van der Waals surface area contributed by atoms with Crippen molar-refractivity contribution in [3.05, 3.63) is 59.6 Å². The maximum atomic E-state index is 13.5. The van der Waals surface area contributed by atoms with Crippen LogP contribution in [0.1, 0.15) is 38.7 Å². The van der Waals surface area contributed by atoms with Crippen LogP contribution in [0.15, 0.2) is 58.9 Å². The van der Waals surface area contributed by atoms with E-state index < -0.39 is 10.0 Å². The van der Waals surface area contributed by atoms with Crippen molar-refractivity contribution in [3.8, 4) is 0 Å². The van der Waals surface area contributed by atoms with Crippen molar-refractivity contribution in [2.45, 2.75) is 50.5 Å². The molecule has 3 rings (SSSR count). The molecule has 1 aromatic heterocycles. The van der Waals surface area contributed by atoms with Crippen LogP contribution in [0.25, 0.3) is 10.2 Å². The van der Waals surface area contributed by atoms with Gasteiger partial charge in [0.1, 0.15) is 0 Å². The number of nitrogens with two attached hydrogens (primary N) is 1. The molecule has 1 heterocycles. The average Bonchev–Trinajstić information content (AvgIpc) is 3.21. The average molecular weight is 446 g/mol. The lowest BCUT2D eigenvalue weighted by Crippen LogP contribution is -2.42. The van der Waals surface area contributed by atoms with Crippen LogP contribution in [0.3, 0.4) is 0 Å². The van der Waals surface area contributed by atoms with E-state index in [1.165, 1.54) is 16.9 Å². The monoisotopic (exact) mass is 445 g/mol. The Labute approximate surface area is 184 Å². The van der Waals surface area contributed by atoms with Crippen molar-refractivity contribution >= 4 is 31.6 Å². The molecule has 30 heavy (non-hydrogen) atoms. The van der Waals surface area contributed by atoms with Crippen LogP contribution in [0, 0.1) is 5.92 Å². The molecule has 7 heteroatoms. The zero-order valence-electron chi connectivity index (χ0n) is 17.7. The normalized spacial score (nSPS) is 14.3. The molecule has 0 aliphatic rings. The second-order valence-electron chi connectivity index (χ2n) is 7.88. The van der Waals surface area contributed by atoms with Crippen LogP contribution >= 0.6 is 11.3 Å². The van der Waals surface area contributed by atoms with Gasteiger partial charge < -0.3 is 5.73 Å². The van der Waals surface area contributed by atoms with E-state index in [9.17, 15) is 8.42 Å². The molecular weight excluding hydrogens is 414 g/mol. The Hall–Kier alpha value is -1.80. The summed E-state index contributed by atoms with van der Waals surface area (Å²) in [7, 11) is -3.60. The Balaban J connectivity index is 1.78. The highest BCUT2D eigenvalue weighted by Crippen LogP contribution is 2.25. The summed E-state index contributed by atoms with van der Waals surface area (Å²) in [5.41, 5.74) is 10.2. The number of hydrogen-bond acceptors (Lipinski definition) is 5. The van der Waals surface area contributed by atoms with Gasteiger partial charge in [-0.2, -0.15) is 4.31 Å². The van der Waals surface area contributed by atoms with E-state index in [4.69, 9.17) is 5.73 Å². The van der Waals surface area contributed by atoms with Gasteiger partial charge in [0.25, 0.3) is 0 Å². The number of hydrogen-bond donors (Lipinski definition) is 1. The third-order valence-electron chi connectivity index (χ3n) is 5.49. The third-order valence-corrected chi connectivity index (χ3v) is 8.14. The van der Waals surface area contributed by atoms with Gasteiger partial charge in [-0.05, 0) is 42.5 Å². The summed E-state index contributed by atoms with van der Waals surface area (Å²) in [5.74, 6) is 0.0359. The third kappa shape index (κ3) is 5.66. The van der Waals surface area contributed by atoms with Gasteiger partial charge in [-0.3, -0.25) is 0 Å². The van der Waals surface area contributed by atoms with E-state index in [2.05, 4.69) is 24.0 Å². The molecule has 0 aliphatic heterocycles. The Bertz CT molecular complexity index is 1030. The molecule has 0 bridgehead atoms. The first-order valence-corrected chi connectivity index (χ1v) is 12.9. The van der Waals surface area contributed by atoms with Gasteiger partial charge in [-0.1, -0.05) is 57.0 Å². The number of benzene rings is 2. The highest BCUT2D eigenvalue weighted by Gasteiger charge is 2.28. The number of rotatable bonds is 11. The maximum absolute atomic E-state index is 13.5. The standard InChI is InChI=1S/C23H31N3O2S2/c1-3-4-8-13-26(16-18(2)21(24)14-19-9-6-5-7-10-19)30(27,28)20-11-12-22-23(15-20)29-17-25-22/h5-7,9-12,15,17-18,21H,3-4,8,13-14,16,24H2,1-2H3/t18-,21+/m1/s1. The number of aromatic nitrogens is 1. The predicted octanol–water partition coefficient (Wildman–Crippen LogP) is 4.68. The van der Waals surface area contributed by atoms with E-state index in [0.29, 0.717) is 18.0 Å². The summed E-state index contributed by atoms with van der Waals surface area (Å²) in [6.45, 7) is 5.09.